The van der Waals surface area contributed by atoms with E-state index < -0.39 is 6.04 Å². The topological polar surface area (TPSA) is 79.5 Å². The van der Waals surface area contributed by atoms with Crippen molar-refractivity contribution >= 4 is 23.2 Å². The van der Waals surface area contributed by atoms with Gasteiger partial charge < -0.3 is 20.7 Å². The molecule has 0 aromatic carbocycles. The lowest BCUT2D eigenvalue weighted by Gasteiger charge is -2.37. The first-order valence-electron chi connectivity index (χ1n) is 8.79. The highest BCUT2D eigenvalue weighted by atomic mass is 32.1. The summed E-state index contributed by atoms with van der Waals surface area (Å²) in [6, 6.07) is 3.05. The lowest BCUT2D eigenvalue weighted by Crippen LogP contribution is -2.53. The van der Waals surface area contributed by atoms with E-state index >= 15 is 0 Å². The summed E-state index contributed by atoms with van der Waals surface area (Å²) >= 11 is 1.37. The average Bonchev–Trinajstić information content (AvgIpc) is 3.13. The summed E-state index contributed by atoms with van der Waals surface area (Å²) in [6.07, 6.45) is 1.93. The van der Waals surface area contributed by atoms with Gasteiger partial charge in [0.1, 0.15) is 6.04 Å². The van der Waals surface area contributed by atoms with E-state index in [1.54, 1.807) is 13.2 Å². The fourth-order valence-corrected chi connectivity index (χ4v) is 3.80. The Kier molecular flexibility index (Phi) is 7.40. The molecule has 1 unspecified atom stereocenters. The highest BCUT2D eigenvalue weighted by molar-refractivity contribution is 7.12. The monoisotopic (exact) mass is 367 g/mol. The third-order valence-electron chi connectivity index (χ3n) is 4.73. The molecule has 1 aliphatic rings. The van der Waals surface area contributed by atoms with Crippen LogP contribution in [0.1, 0.15) is 36.4 Å². The molecule has 1 saturated heterocycles. The van der Waals surface area contributed by atoms with Crippen LogP contribution in [0.2, 0.25) is 0 Å². The first kappa shape index (κ1) is 19.9. The predicted molar refractivity (Wildman–Crippen MR) is 99.8 cm³/mol. The van der Waals surface area contributed by atoms with E-state index in [-0.39, 0.29) is 23.1 Å². The summed E-state index contributed by atoms with van der Waals surface area (Å²) in [6.45, 7) is 6.94. The van der Waals surface area contributed by atoms with Gasteiger partial charge in [-0.25, -0.2) is 0 Å². The zero-order chi connectivity index (χ0) is 18.3. The molecule has 1 aliphatic heterocycles. The maximum Gasteiger partial charge on any atom is 0.262 e. The lowest BCUT2D eigenvalue weighted by atomic mass is 9.79. The molecule has 25 heavy (non-hydrogen) atoms. The van der Waals surface area contributed by atoms with Gasteiger partial charge in [0.25, 0.3) is 5.91 Å². The minimum Gasteiger partial charge on any atom is -0.384 e. The Morgan fingerprint density at radius 2 is 2.08 bits per heavy atom. The Morgan fingerprint density at radius 3 is 2.64 bits per heavy atom. The molecule has 7 heteroatoms. The van der Waals surface area contributed by atoms with Crippen molar-refractivity contribution in [3.63, 3.8) is 0 Å². The quantitative estimate of drug-likeness (QED) is 0.653. The number of ether oxygens (including phenoxy) is 1. The molecule has 2 heterocycles. The molecule has 0 saturated carbocycles. The lowest BCUT2D eigenvalue weighted by molar-refractivity contribution is -0.124. The molecule has 1 aromatic rings. The van der Waals surface area contributed by atoms with Gasteiger partial charge in [-0.3, -0.25) is 9.59 Å². The SMILES string of the molecule is COCC1(CNC(=O)C(NC(=O)c2cccs2)C(C)C)CCNCC1. The van der Waals surface area contributed by atoms with Crippen LogP contribution in [-0.2, 0) is 9.53 Å². The zero-order valence-electron chi connectivity index (χ0n) is 15.3. The maximum absolute atomic E-state index is 12.7. The summed E-state index contributed by atoms with van der Waals surface area (Å²) in [5, 5.41) is 11.1. The molecule has 2 rings (SSSR count). The number of nitrogens with one attached hydrogen (secondary N) is 3. The van der Waals surface area contributed by atoms with Crippen LogP contribution in [0.4, 0.5) is 0 Å². The van der Waals surface area contributed by atoms with Crippen LogP contribution in [0.3, 0.4) is 0 Å². The van der Waals surface area contributed by atoms with E-state index in [9.17, 15) is 9.59 Å². The second-order valence-electron chi connectivity index (χ2n) is 7.07. The normalized spacial score (nSPS) is 17.9. The number of carbonyl (C=O) groups excluding carboxylic acids is 2. The van der Waals surface area contributed by atoms with Crippen molar-refractivity contribution in [1.82, 2.24) is 16.0 Å². The van der Waals surface area contributed by atoms with Gasteiger partial charge >= 0.3 is 0 Å². The van der Waals surface area contributed by atoms with E-state index in [1.165, 1.54) is 11.3 Å². The molecule has 0 aliphatic carbocycles. The van der Waals surface area contributed by atoms with Crippen molar-refractivity contribution in [2.24, 2.45) is 11.3 Å². The molecule has 6 nitrogen and oxygen atoms in total. The molecule has 1 atom stereocenters. The van der Waals surface area contributed by atoms with Crippen LogP contribution in [0.25, 0.3) is 0 Å². The summed E-state index contributed by atoms with van der Waals surface area (Å²) in [7, 11) is 1.70. The standard InChI is InChI=1S/C18H29N3O3S/c1-13(2)15(21-16(22)14-5-4-10-25-14)17(23)20-11-18(12-24-3)6-8-19-9-7-18/h4-5,10,13,15,19H,6-9,11-12H2,1-3H3,(H,20,23)(H,21,22). The number of thiophene rings is 1. The van der Waals surface area contributed by atoms with Crippen molar-refractivity contribution in [3.05, 3.63) is 22.4 Å². The molecule has 1 fully saturated rings. The average molecular weight is 368 g/mol. The largest absolute Gasteiger partial charge is 0.384 e. The number of methoxy groups -OCH3 is 1. The van der Waals surface area contributed by atoms with Gasteiger partial charge in [0.05, 0.1) is 11.5 Å². The van der Waals surface area contributed by atoms with Crippen molar-refractivity contribution in [1.29, 1.82) is 0 Å². The number of carbonyl (C=O) groups is 2. The summed E-state index contributed by atoms with van der Waals surface area (Å²) in [5.74, 6) is -0.318. The fourth-order valence-electron chi connectivity index (χ4n) is 3.18. The van der Waals surface area contributed by atoms with Gasteiger partial charge in [-0.05, 0) is 43.3 Å². The third kappa shape index (κ3) is 5.52. The smallest absolute Gasteiger partial charge is 0.262 e. The van der Waals surface area contributed by atoms with Crippen molar-refractivity contribution in [2.45, 2.75) is 32.7 Å². The Bertz CT molecular complexity index is 548. The van der Waals surface area contributed by atoms with E-state index in [0.717, 1.165) is 25.9 Å². The van der Waals surface area contributed by atoms with Gasteiger partial charge in [-0.15, -0.1) is 11.3 Å². The van der Waals surface area contributed by atoms with Crippen LogP contribution >= 0.6 is 11.3 Å². The highest BCUT2D eigenvalue weighted by Crippen LogP contribution is 2.28. The van der Waals surface area contributed by atoms with Crippen molar-refractivity contribution in [2.75, 3.05) is 33.4 Å². The van der Waals surface area contributed by atoms with E-state index in [0.29, 0.717) is 18.0 Å². The molecule has 0 spiro atoms. The van der Waals surface area contributed by atoms with Crippen LogP contribution in [0.5, 0.6) is 0 Å². The van der Waals surface area contributed by atoms with E-state index in [4.69, 9.17) is 4.74 Å². The second-order valence-corrected chi connectivity index (χ2v) is 8.02. The Balaban J connectivity index is 1.96. The maximum atomic E-state index is 12.7. The van der Waals surface area contributed by atoms with Crippen LogP contribution < -0.4 is 16.0 Å². The summed E-state index contributed by atoms with van der Waals surface area (Å²) in [4.78, 5) is 25.6. The van der Waals surface area contributed by atoms with Gasteiger partial charge in [-0.2, -0.15) is 0 Å². The summed E-state index contributed by atoms with van der Waals surface area (Å²) in [5.41, 5.74) is -0.0328. The van der Waals surface area contributed by atoms with Crippen LogP contribution in [0, 0.1) is 11.3 Å². The van der Waals surface area contributed by atoms with Crippen molar-refractivity contribution in [3.8, 4) is 0 Å². The molecule has 0 bridgehead atoms. The van der Waals surface area contributed by atoms with E-state index in [2.05, 4.69) is 16.0 Å². The molecule has 0 radical (unpaired) electrons. The molecule has 2 amide bonds. The number of hydrogen-bond acceptors (Lipinski definition) is 5. The fraction of sp³-hybridized carbons (Fsp3) is 0.667. The number of piperidine rings is 1. The zero-order valence-corrected chi connectivity index (χ0v) is 16.1. The Morgan fingerprint density at radius 1 is 1.36 bits per heavy atom. The number of hydrogen-bond donors (Lipinski definition) is 3. The number of rotatable bonds is 8. The van der Waals surface area contributed by atoms with Crippen molar-refractivity contribution < 1.29 is 14.3 Å². The van der Waals surface area contributed by atoms with Gasteiger partial charge in [0, 0.05) is 19.1 Å². The first-order chi connectivity index (χ1) is 12.0. The highest BCUT2D eigenvalue weighted by Gasteiger charge is 2.34. The van der Waals surface area contributed by atoms with Gasteiger partial charge in [0.15, 0.2) is 0 Å². The van der Waals surface area contributed by atoms with Gasteiger partial charge in [-0.1, -0.05) is 19.9 Å². The van der Waals surface area contributed by atoms with E-state index in [1.807, 2.05) is 25.3 Å². The Labute approximate surface area is 153 Å². The predicted octanol–water partition coefficient (Wildman–Crippen LogP) is 1.63. The number of amides is 2. The summed E-state index contributed by atoms with van der Waals surface area (Å²) < 4.78 is 5.39. The molecular weight excluding hydrogens is 338 g/mol. The molecule has 140 valence electrons. The minimum absolute atomic E-state index is 0.00955. The van der Waals surface area contributed by atoms with Crippen LogP contribution in [-0.4, -0.2) is 51.2 Å². The minimum atomic E-state index is -0.545. The Hall–Kier alpha value is -1.44. The first-order valence-corrected chi connectivity index (χ1v) is 9.67. The molecule has 3 N–H and O–H groups in total. The third-order valence-corrected chi connectivity index (χ3v) is 5.60. The van der Waals surface area contributed by atoms with Gasteiger partial charge in [0.2, 0.25) is 5.91 Å². The second kappa shape index (κ2) is 9.31. The van der Waals surface area contributed by atoms with Crippen LogP contribution in [0.15, 0.2) is 17.5 Å². The molecular formula is C18H29N3O3S. The molecule has 1 aromatic heterocycles.